The van der Waals surface area contributed by atoms with Crippen LogP contribution in [0.4, 0.5) is 0 Å². The van der Waals surface area contributed by atoms with Gasteiger partial charge in [-0.25, -0.2) is 0 Å². The third kappa shape index (κ3) is 3.48. The fourth-order valence-corrected chi connectivity index (χ4v) is 1.57. The molecule has 1 aliphatic carbocycles. The van der Waals surface area contributed by atoms with Gasteiger partial charge in [0.15, 0.2) is 6.61 Å². The number of para-hydroxylation sites is 1. The van der Waals surface area contributed by atoms with Crippen molar-refractivity contribution in [1.29, 1.82) is 0 Å². The second-order valence-electron chi connectivity index (χ2n) is 4.40. The largest absolute Gasteiger partial charge is 0.483 e. The van der Waals surface area contributed by atoms with E-state index in [0.717, 1.165) is 0 Å². The molecule has 0 saturated heterocycles. The molecular weight excluding hydrogens is 232 g/mol. The van der Waals surface area contributed by atoms with Gasteiger partial charge in [0, 0.05) is 6.54 Å². The van der Waals surface area contributed by atoms with Gasteiger partial charge in [-0.3, -0.25) is 9.59 Å². The van der Waals surface area contributed by atoms with Crippen molar-refractivity contribution in [3.8, 4) is 5.75 Å². The third-order valence-electron chi connectivity index (χ3n) is 2.80. The lowest BCUT2D eigenvalue weighted by atomic mass is 10.2. The minimum absolute atomic E-state index is 0.100. The van der Waals surface area contributed by atoms with E-state index >= 15 is 0 Å². The van der Waals surface area contributed by atoms with E-state index in [4.69, 9.17) is 10.5 Å². The van der Waals surface area contributed by atoms with Crippen molar-refractivity contribution in [2.45, 2.75) is 12.8 Å². The number of rotatable bonds is 6. The lowest BCUT2D eigenvalue weighted by Gasteiger charge is -2.09. The van der Waals surface area contributed by atoms with Gasteiger partial charge >= 0.3 is 0 Å². The highest BCUT2D eigenvalue weighted by molar-refractivity contribution is 5.95. The monoisotopic (exact) mass is 248 g/mol. The van der Waals surface area contributed by atoms with E-state index in [2.05, 4.69) is 5.32 Å². The van der Waals surface area contributed by atoms with Crippen molar-refractivity contribution in [3.63, 3.8) is 0 Å². The summed E-state index contributed by atoms with van der Waals surface area (Å²) >= 11 is 0. The Kier molecular flexibility index (Phi) is 3.82. The summed E-state index contributed by atoms with van der Waals surface area (Å²) < 4.78 is 5.30. The van der Waals surface area contributed by atoms with Crippen molar-refractivity contribution < 1.29 is 14.3 Å². The summed E-state index contributed by atoms with van der Waals surface area (Å²) in [6.45, 7) is 0.608. The molecule has 96 valence electrons. The molecule has 0 aromatic heterocycles. The van der Waals surface area contributed by atoms with Gasteiger partial charge in [0.05, 0.1) is 5.56 Å². The lowest BCUT2D eigenvalue weighted by Crippen LogP contribution is -2.30. The minimum atomic E-state index is -0.566. The van der Waals surface area contributed by atoms with Crippen LogP contribution in [-0.2, 0) is 4.79 Å². The summed E-state index contributed by atoms with van der Waals surface area (Å²) in [5.41, 5.74) is 5.49. The Bertz CT molecular complexity index is 455. The molecule has 1 aromatic carbocycles. The molecule has 1 aliphatic rings. The molecule has 5 heteroatoms. The molecule has 0 unspecified atom stereocenters. The van der Waals surface area contributed by atoms with Gasteiger partial charge in [0.2, 0.25) is 0 Å². The average Bonchev–Trinajstić information content (AvgIpc) is 3.18. The smallest absolute Gasteiger partial charge is 0.257 e. The van der Waals surface area contributed by atoms with Crippen LogP contribution in [0.15, 0.2) is 24.3 Å². The molecule has 1 saturated carbocycles. The molecule has 3 N–H and O–H groups in total. The van der Waals surface area contributed by atoms with E-state index < -0.39 is 5.91 Å². The highest BCUT2D eigenvalue weighted by atomic mass is 16.5. The minimum Gasteiger partial charge on any atom is -0.483 e. The molecule has 0 atom stereocenters. The van der Waals surface area contributed by atoms with Crippen LogP contribution in [0.2, 0.25) is 0 Å². The van der Waals surface area contributed by atoms with Gasteiger partial charge in [0.1, 0.15) is 5.75 Å². The maximum absolute atomic E-state index is 11.5. The Morgan fingerprint density at radius 1 is 1.33 bits per heavy atom. The maximum atomic E-state index is 11.5. The number of hydrogen-bond donors (Lipinski definition) is 2. The van der Waals surface area contributed by atoms with Crippen LogP contribution in [0.1, 0.15) is 23.2 Å². The SMILES string of the molecule is NC(=O)c1ccccc1OCC(=O)NCC1CC1. The Hall–Kier alpha value is -2.04. The van der Waals surface area contributed by atoms with Crippen molar-refractivity contribution in [2.75, 3.05) is 13.2 Å². The first-order chi connectivity index (χ1) is 8.66. The molecule has 0 heterocycles. The zero-order chi connectivity index (χ0) is 13.0. The first-order valence-corrected chi connectivity index (χ1v) is 5.95. The lowest BCUT2D eigenvalue weighted by molar-refractivity contribution is -0.123. The Labute approximate surface area is 105 Å². The van der Waals surface area contributed by atoms with Crippen molar-refractivity contribution >= 4 is 11.8 Å². The van der Waals surface area contributed by atoms with Crippen LogP contribution >= 0.6 is 0 Å². The van der Waals surface area contributed by atoms with E-state index in [1.165, 1.54) is 12.8 Å². The fourth-order valence-electron chi connectivity index (χ4n) is 1.57. The standard InChI is InChI=1S/C13H16N2O3/c14-13(17)10-3-1-2-4-11(10)18-8-12(16)15-7-9-5-6-9/h1-4,9H,5-8H2,(H2,14,17)(H,15,16). The molecule has 18 heavy (non-hydrogen) atoms. The van der Waals surface area contributed by atoms with E-state index in [0.29, 0.717) is 18.2 Å². The van der Waals surface area contributed by atoms with E-state index in [1.54, 1.807) is 24.3 Å². The second-order valence-corrected chi connectivity index (χ2v) is 4.40. The Morgan fingerprint density at radius 3 is 2.72 bits per heavy atom. The van der Waals surface area contributed by atoms with Crippen molar-refractivity contribution in [1.82, 2.24) is 5.32 Å². The van der Waals surface area contributed by atoms with Gasteiger partial charge in [0.25, 0.3) is 11.8 Å². The molecule has 1 fully saturated rings. The molecule has 0 spiro atoms. The summed E-state index contributed by atoms with van der Waals surface area (Å²) in [5.74, 6) is 0.226. The van der Waals surface area contributed by atoms with Gasteiger partial charge in [-0.2, -0.15) is 0 Å². The molecule has 0 radical (unpaired) electrons. The van der Waals surface area contributed by atoms with Crippen LogP contribution in [0.3, 0.4) is 0 Å². The molecule has 2 rings (SSSR count). The quantitative estimate of drug-likeness (QED) is 0.777. The Morgan fingerprint density at radius 2 is 2.06 bits per heavy atom. The van der Waals surface area contributed by atoms with Crippen LogP contribution in [0.5, 0.6) is 5.75 Å². The zero-order valence-electron chi connectivity index (χ0n) is 10.0. The third-order valence-corrected chi connectivity index (χ3v) is 2.80. The number of ether oxygens (including phenoxy) is 1. The average molecular weight is 248 g/mol. The summed E-state index contributed by atoms with van der Waals surface area (Å²) in [6, 6.07) is 6.61. The van der Waals surface area contributed by atoms with Gasteiger partial charge in [-0.15, -0.1) is 0 Å². The molecule has 1 aromatic rings. The topological polar surface area (TPSA) is 81.4 Å². The first kappa shape index (κ1) is 12.4. The molecule has 2 amide bonds. The Balaban J connectivity index is 1.84. The number of primary amides is 1. The zero-order valence-corrected chi connectivity index (χ0v) is 10.0. The van der Waals surface area contributed by atoms with Crippen LogP contribution in [0.25, 0.3) is 0 Å². The number of amides is 2. The number of benzene rings is 1. The number of hydrogen-bond acceptors (Lipinski definition) is 3. The van der Waals surface area contributed by atoms with Gasteiger partial charge in [-0.05, 0) is 30.9 Å². The maximum Gasteiger partial charge on any atom is 0.257 e. The number of nitrogens with two attached hydrogens (primary N) is 1. The summed E-state index contributed by atoms with van der Waals surface area (Å²) in [6.07, 6.45) is 2.37. The normalized spacial score (nSPS) is 14.0. The molecular formula is C13H16N2O3. The second kappa shape index (κ2) is 5.53. The summed E-state index contributed by atoms with van der Waals surface area (Å²) in [4.78, 5) is 22.6. The summed E-state index contributed by atoms with van der Waals surface area (Å²) in [5, 5.41) is 2.78. The van der Waals surface area contributed by atoms with Crippen LogP contribution < -0.4 is 15.8 Å². The van der Waals surface area contributed by atoms with Crippen LogP contribution in [-0.4, -0.2) is 25.0 Å². The highest BCUT2D eigenvalue weighted by Crippen LogP contribution is 2.27. The molecule has 5 nitrogen and oxygen atoms in total. The highest BCUT2D eigenvalue weighted by Gasteiger charge is 2.21. The van der Waals surface area contributed by atoms with E-state index in [1.807, 2.05) is 0 Å². The fraction of sp³-hybridized carbons (Fsp3) is 0.385. The molecule has 0 bridgehead atoms. The summed E-state index contributed by atoms with van der Waals surface area (Å²) in [7, 11) is 0. The van der Waals surface area contributed by atoms with E-state index in [9.17, 15) is 9.59 Å². The van der Waals surface area contributed by atoms with Crippen molar-refractivity contribution in [2.24, 2.45) is 11.7 Å². The molecule has 0 aliphatic heterocycles. The predicted octanol–water partition coefficient (Wildman–Crippen LogP) is 0.690. The van der Waals surface area contributed by atoms with Crippen molar-refractivity contribution in [3.05, 3.63) is 29.8 Å². The number of carbonyl (C=O) groups excluding carboxylic acids is 2. The van der Waals surface area contributed by atoms with Gasteiger partial charge < -0.3 is 15.8 Å². The number of nitrogens with one attached hydrogen (secondary N) is 1. The van der Waals surface area contributed by atoms with Crippen LogP contribution in [0, 0.1) is 5.92 Å². The first-order valence-electron chi connectivity index (χ1n) is 5.95. The van der Waals surface area contributed by atoms with Gasteiger partial charge in [-0.1, -0.05) is 12.1 Å². The number of carbonyl (C=O) groups is 2. The van der Waals surface area contributed by atoms with E-state index in [-0.39, 0.29) is 18.1 Å². The predicted molar refractivity (Wildman–Crippen MR) is 66.2 cm³/mol.